The van der Waals surface area contributed by atoms with Crippen LogP contribution in [0.5, 0.6) is 0 Å². The predicted octanol–water partition coefficient (Wildman–Crippen LogP) is 2.75. The fourth-order valence-electron chi connectivity index (χ4n) is 2.14. The van der Waals surface area contributed by atoms with Crippen LogP contribution in [0.4, 0.5) is 5.69 Å². The molecule has 1 amide bonds. The van der Waals surface area contributed by atoms with Crippen molar-refractivity contribution in [1.82, 2.24) is 15.0 Å². The Labute approximate surface area is 130 Å². The van der Waals surface area contributed by atoms with Gasteiger partial charge >= 0.3 is 0 Å². The summed E-state index contributed by atoms with van der Waals surface area (Å²) in [5.74, 6) is 1.21. The van der Waals surface area contributed by atoms with Crippen molar-refractivity contribution in [2.24, 2.45) is 0 Å². The van der Waals surface area contributed by atoms with Crippen molar-refractivity contribution >= 4 is 11.6 Å². The van der Waals surface area contributed by atoms with E-state index < -0.39 is 0 Å². The number of nitrogens with zero attached hydrogens (tertiary/aromatic N) is 3. The van der Waals surface area contributed by atoms with Gasteiger partial charge in [-0.3, -0.25) is 9.69 Å². The maximum absolute atomic E-state index is 11.0. The zero-order chi connectivity index (χ0) is 16.1. The monoisotopic (exact) mass is 302 g/mol. The number of aromatic nitrogens is 2. The van der Waals surface area contributed by atoms with Gasteiger partial charge in [-0.25, -0.2) is 0 Å². The highest BCUT2D eigenvalue weighted by Gasteiger charge is 2.14. The highest BCUT2D eigenvalue weighted by molar-refractivity contribution is 5.88. The summed E-state index contributed by atoms with van der Waals surface area (Å²) < 4.78 is 5.02. The minimum absolute atomic E-state index is 0.0657. The van der Waals surface area contributed by atoms with Gasteiger partial charge in [0, 0.05) is 32.1 Å². The maximum Gasteiger partial charge on any atom is 0.223 e. The zero-order valence-electron chi connectivity index (χ0n) is 13.5. The highest BCUT2D eigenvalue weighted by atomic mass is 16.5. The first kappa shape index (κ1) is 16.2. The van der Waals surface area contributed by atoms with Gasteiger partial charge in [0.15, 0.2) is 5.82 Å². The largest absolute Gasteiger partial charge is 0.340 e. The van der Waals surface area contributed by atoms with Gasteiger partial charge in [-0.15, -0.1) is 0 Å². The molecular formula is C16H22N4O2. The summed E-state index contributed by atoms with van der Waals surface area (Å²) in [5.41, 5.74) is 1.98. The number of aryl methyl sites for hydroxylation is 1. The summed E-state index contributed by atoms with van der Waals surface area (Å²) in [5, 5.41) is 6.72. The number of carbonyl (C=O) groups is 1. The summed E-state index contributed by atoms with van der Waals surface area (Å²) in [4.78, 5) is 17.5. The lowest BCUT2D eigenvalue weighted by Crippen LogP contribution is -2.30. The van der Waals surface area contributed by atoms with Gasteiger partial charge in [0.2, 0.25) is 11.8 Å². The van der Waals surface area contributed by atoms with Gasteiger partial charge in [-0.1, -0.05) is 17.3 Å². The summed E-state index contributed by atoms with van der Waals surface area (Å²) in [6, 6.07) is 8.21. The third kappa shape index (κ3) is 4.66. The molecule has 6 heteroatoms. The van der Waals surface area contributed by atoms with Gasteiger partial charge in [0.25, 0.3) is 0 Å². The Bertz CT molecular complexity index is 619. The molecule has 0 atom stereocenters. The molecule has 0 radical (unpaired) electrons. The Kier molecular flexibility index (Phi) is 5.27. The van der Waals surface area contributed by atoms with Gasteiger partial charge in [0.1, 0.15) is 0 Å². The predicted molar refractivity (Wildman–Crippen MR) is 84.2 cm³/mol. The Balaban J connectivity index is 2.02. The molecule has 0 saturated heterocycles. The number of rotatable bonds is 6. The number of nitrogens with one attached hydrogen (secondary N) is 1. The molecular weight excluding hydrogens is 280 g/mol. The lowest BCUT2D eigenvalue weighted by molar-refractivity contribution is -0.114. The van der Waals surface area contributed by atoms with Crippen LogP contribution in [-0.4, -0.2) is 27.0 Å². The van der Waals surface area contributed by atoms with Crippen molar-refractivity contribution in [2.75, 3.05) is 5.32 Å². The van der Waals surface area contributed by atoms with E-state index >= 15 is 0 Å². The highest BCUT2D eigenvalue weighted by Crippen LogP contribution is 2.15. The Morgan fingerprint density at radius 1 is 1.27 bits per heavy atom. The second-order valence-electron chi connectivity index (χ2n) is 5.61. The van der Waals surface area contributed by atoms with Crippen LogP contribution in [0.15, 0.2) is 28.8 Å². The van der Waals surface area contributed by atoms with Crippen molar-refractivity contribution in [1.29, 1.82) is 0 Å². The van der Waals surface area contributed by atoms with E-state index in [1.54, 1.807) is 6.92 Å². The molecule has 0 fully saturated rings. The first-order valence-corrected chi connectivity index (χ1v) is 7.34. The van der Waals surface area contributed by atoms with Crippen molar-refractivity contribution < 1.29 is 9.32 Å². The average Bonchev–Trinajstić information content (AvgIpc) is 2.85. The van der Waals surface area contributed by atoms with Crippen LogP contribution < -0.4 is 5.32 Å². The molecule has 6 nitrogen and oxygen atoms in total. The molecule has 118 valence electrons. The minimum Gasteiger partial charge on any atom is -0.340 e. The van der Waals surface area contributed by atoms with Crippen LogP contribution in [0.2, 0.25) is 0 Å². The van der Waals surface area contributed by atoms with Crippen LogP contribution in [0.25, 0.3) is 0 Å². The molecule has 22 heavy (non-hydrogen) atoms. The van der Waals surface area contributed by atoms with Gasteiger partial charge in [-0.05, 0) is 31.5 Å². The number of amides is 1. The molecule has 0 spiro atoms. The SMILES string of the molecule is CC(=O)Nc1ccc(CN(Cc2noc(C)n2)C(C)C)cc1. The maximum atomic E-state index is 11.0. The number of anilines is 1. The molecule has 0 saturated carbocycles. The Hall–Kier alpha value is -2.21. The minimum atomic E-state index is -0.0657. The topological polar surface area (TPSA) is 71.3 Å². The summed E-state index contributed by atoms with van der Waals surface area (Å²) in [6.07, 6.45) is 0. The summed E-state index contributed by atoms with van der Waals surface area (Å²) in [7, 11) is 0. The third-order valence-corrected chi connectivity index (χ3v) is 3.30. The van der Waals surface area contributed by atoms with E-state index in [9.17, 15) is 4.79 Å². The van der Waals surface area contributed by atoms with E-state index in [1.807, 2.05) is 24.3 Å². The molecule has 2 rings (SSSR count). The first-order chi connectivity index (χ1) is 10.4. The number of benzene rings is 1. The second-order valence-corrected chi connectivity index (χ2v) is 5.61. The van der Waals surface area contributed by atoms with Crippen LogP contribution in [0, 0.1) is 6.92 Å². The Morgan fingerprint density at radius 2 is 1.95 bits per heavy atom. The van der Waals surface area contributed by atoms with E-state index in [4.69, 9.17) is 4.52 Å². The molecule has 0 unspecified atom stereocenters. The van der Waals surface area contributed by atoms with Crippen LogP contribution in [0.3, 0.4) is 0 Å². The number of hydrogen-bond acceptors (Lipinski definition) is 5. The van der Waals surface area contributed by atoms with Crippen molar-refractivity contribution in [2.45, 2.75) is 46.8 Å². The first-order valence-electron chi connectivity index (χ1n) is 7.34. The third-order valence-electron chi connectivity index (χ3n) is 3.30. The van der Waals surface area contributed by atoms with Gasteiger partial charge in [-0.2, -0.15) is 4.98 Å². The van der Waals surface area contributed by atoms with Crippen LogP contribution in [-0.2, 0) is 17.9 Å². The van der Waals surface area contributed by atoms with Crippen LogP contribution in [0.1, 0.15) is 38.0 Å². The average molecular weight is 302 g/mol. The molecule has 0 aliphatic heterocycles. The standard InChI is InChI=1S/C16H22N4O2/c1-11(2)20(10-16-18-13(4)22-19-16)9-14-5-7-15(8-6-14)17-12(3)21/h5-8,11H,9-10H2,1-4H3,(H,17,21). The molecule has 1 aromatic heterocycles. The van der Waals surface area contributed by atoms with Gasteiger partial charge in [0.05, 0.1) is 6.54 Å². The quantitative estimate of drug-likeness (QED) is 0.888. The number of hydrogen-bond donors (Lipinski definition) is 1. The molecule has 2 aromatic rings. The lowest BCUT2D eigenvalue weighted by atomic mass is 10.1. The van der Waals surface area contributed by atoms with E-state index in [-0.39, 0.29) is 5.91 Å². The molecule has 1 heterocycles. The smallest absolute Gasteiger partial charge is 0.223 e. The lowest BCUT2D eigenvalue weighted by Gasteiger charge is -2.25. The van der Waals surface area contributed by atoms with Crippen molar-refractivity contribution in [3.05, 3.63) is 41.5 Å². The van der Waals surface area contributed by atoms with Crippen molar-refractivity contribution in [3.8, 4) is 0 Å². The second kappa shape index (κ2) is 7.17. The van der Waals surface area contributed by atoms with Gasteiger partial charge < -0.3 is 9.84 Å². The fourth-order valence-corrected chi connectivity index (χ4v) is 2.14. The van der Waals surface area contributed by atoms with Crippen molar-refractivity contribution in [3.63, 3.8) is 0 Å². The summed E-state index contributed by atoms with van der Waals surface area (Å²) in [6.45, 7) is 8.99. The van der Waals surface area contributed by atoms with Crippen LogP contribution >= 0.6 is 0 Å². The zero-order valence-corrected chi connectivity index (χ0v) is 13.5. The van der Waals surface area contributed by atoms with E-state index in [1.165, 1.54) is 12.5 Å². The number of carbonyl (C=O) groups excluding carboxylic acids is 1. The van der Waals surface area contributed by atoms with E-state index in [0.717, 1.165) is 12.2 Å². The molecule has 0 aliphatic carbocycles. The molecule has 1 aromatic carbocycles. The Morgan fingerprint density at radius 3 is 2.45 bits per heavy atom. The molecule has 0 aliphatic rings. The summed E-state index contributed by atoms with van der Waals surface area (Å²) >= 11 is 0. The normalized spacial score (nSPS) is 11.2. The fraction of sp³-hybridized carbons (Fsp3) is 0.438. The van der Waals surface area contributed by atoms with E-state index in [2.05, 4.69) is 34.2 Å². The van der Waals surface area contributed by atoms with E-state index in [0.29, 0.717) is 24.3 Å². The molecule has 1 N–H and O–H groups in total. The molecule has 0 bridgehead atoms.